The zero-order valence-electron chi connectivity index (χ0n) is 11.1. The summed E-state index contributed by atoms with van der Waals surface area (Å²) < 4.78 is 11.1. The van der Waals surface area contributed by atoms with E-state index in [2.05, 4.69) is 25.2 Å². The van der Waals surface area contributed by atoms with E-state index < -0.39 is 0 Å². The third-order valence-electron chi connectivity index (χ3n) is 3.68. The molecule has 0 saturated carbocycles. The van der Waals surface area contributed by atoms with Crippen LogP contribution in [0.3, 0.4) is 0 Å². The highest BCUT2D eigenvalue weighted by Gasteiger charge is 2.24. The molecule has 2 rings (SSSR count). The topological polar surface area (TPSA) is 30.5 Å². The van der Waals surface area contributed by atoms with E-state index in [9.17, 15) is 0 Å². The third-order valence-corrected chi connectivity index (χ3v) is 3.68. The van der Waals surface area contributed by atoms with E-state index in [1.165, 1.54) is 23.1 Å². The number of aryl methyl sites for hydroxylation is 1. The summed E-state index contributed by atoms with van der Waals surface area (Å²) in [6, 6.07) is 2.24. The first-order chi connectivity index (χ1) is 8.19. The molecule has 1 fully saturated rings. The van der Waals surface area contributed by atoms with Gasteiger partial charge in [0.1, 0.15) is 0 Å². The second-order valence-corrected chi connectivity index (χ2v) is 4.66. The Balaban J connectivity index is 2.53. The molecule has 0 spiro atoms. The lowest BCUT2D eigenvalue weighted by molar-refractivity contribution is 0.347. The summed E-state index contributed by atoms with van der Waals surface area (Å²) in [6.45, 7) is 6.32. The van der Waals surface area contributed by atoms with E-state index in [1.54, 1.807) is 14.2 Å². The van der Waals surface area contributed by atoms with E-state index in [-0.39, 0.29) is 0 Å². The Morgan fingerprint density at radius 1 is 1.18 bits per heavy atom. The molecule has 0 radical (unpaired) electrons. The van der Waals surface area contributed by atoms with Crippen LogP contribution in [0.5, 0.6) is 11.5 Å². The van der Waals surface area contributed by atoms with Crippen molar-refractivity contribution in [3.8, 4) is 11.5 Å². The van der Waals surface area contributed by atoms with Gasteiger partial charge in [-0.3, -0.25) is 0 Å². The van der Waals surface area contributed by atoms with Crippen molar-refractivity contribution >= 4 is 0 Å². The predicted octanol–water partition coefficient (Wildman–Crippen LogP) is 2.40. The van der Waals surface area contributed by atoms with Gasteiger partial charge in [-0.05, 0) is 37.9 Å². The molecule has 17 heavy (non-hydrogen) atoms. The smallest absolute Gasteiger partial charge is 0.164 e. The van der Waals surface area contributed by atoms with Crippen LogP contribution in [0.2, 0.25) is 0 Å². The van der Waals surface area contributed by atoms with Crippen LogP contribution < -0.4 is 14.8 Å². The van der Waals surface area contributed by atoms with Crippen LogP contribution in [0, 0.1) is 13.8 Å². The van der Waals surface area contributed by atoms with Crippen molar-refractivity contribution in [2.24, 2.45) is 0 Å². The zero-order chi connectivity index (χ0) is 12.4. The molecule has 1 aromatic rings. The third kappa shape index (κ3) is 2.12. The van der Waals surface area contributed by atoms with E-state index in [4.69, 9.17) is 9.47 Å². The monoisotopic (exact) mass is 235 g/mol. The molecule has 1 heterocycles. The Labute approximate surface area is 103 Å². The van der Waals surface area contributed by atoms with Crippen LogP contribution in [0.25, 0.3) is 0 Å². The van der Waals surface area contributed by atoms with Crippen molar-refractivity contribution in [1.29, 1.82) is 0 Å². The van der Waals surface area contributed by atoms with Gasteiger partial charge < -0.3 is 14.8 Å². The molecule has 0 bridgehead atoms. The second kappa shape index (κ2) is 4.96. The van der Waals surface area contributed by atoms with Gasteiger partial charge in [0.15, 0.2) is 11.5 Å². The second-order valence-electron chi connectivity index (χ2n) is 4.66. The van der Waals surface area contributed by atoms with E-state index in [0.29, 0.717) is 5.92 Å². The molecule has 1 unspecified atom stereocenters. The van der Waals surface area contributed by atoms with Gasteiger partial charge in [-0.15, -0.1) is 0 Å². The molecule has 3 nitrogen and oxygen atoms in total. The summed E-state index contributed by atoms with van der Waals surface area (Å²) in [5.41, 5.74) is 3.71. The highest BCUT2D eigenvalue weighted by Crippen LogP contribution is 2.41. The molecule has 1 aliphatic rings. The fourth-order valence-corrected chi connectivity index (χ4v) is 2.57. The summed E-state index contributed by atoms with van der Waals surface area (Å²) in [6.07, 6.45) is 1.17. The first kappa shape index (κ1) is 12.2. The Morgan fingerprint density at radius 2 is 1.88 bits per heavy atom. The quantitative estimate of drug-likeness (QED) is 0.872. The maximum Gasteiger partial charge on any atom is 0.164 e. The summed E-state index contributed by atoms with van der Waals surface area (Å²) >= 11 is 0. The fraction of sp³-hybridized carbons (Fsp3) is 0.571. The highest BCUT2D eigenvalue weighted by molar-refractivity contribution is 5.56. The lowest BCUT2D eigenvalue weighted by Crippen LogP contribution is -2.10. The minimum absolute atomic E-state index is 0.540. The number of ether oxygens (including phenoxy) is 2. The maximum atomic E-state index is 5.56. The number of methoxy groups -OCH3 is 2. The molecule has 1 atom stereocenters. The van der Waals surface area contributed by atoms with Crippen molar-refractivity contribution in [3.63, 3.8) is 0 Å². The van der Waals surface area contributed by atoms with Gasteiger partial charge in [-0.25, -0.2) is 0 Å². The van der Waals surface area contributed by atoms with Crippen LogP contribution in [0.15, 0.2) is 6.07 Å². The largest absolute Gasteiger partial charge is 0.493 e. The van der Waals surface area contributed by atoms with E-state index in [0.717, 1.165) is 24.6 Å². The average Bonchev–Trinajstić information content (AvgIpc) is 2.85. The summed E-state index contributed by atoms with van der Waals surface area (Å²) in [5.74, 6) is 2.33. The Morgan fingerprint density at radius 3 is 2.41 bits per heavy atom. The molecule has 94 valence electrons. The predicted molar refractivity (Wildman–Crippen MR) is 69.2 cm³/mol. The summed E-state index contributed by atoms with van der Waals surface area (Å²) in [4.78, 5) is 0. The first-order valence-electron chi connectivity index (χ1n) is 6.11. The van der Waals surface area contributed by atoms with E-state index in [1.807, 2.05) is 0 Å². The van der Waals surface area contributed by atoms with Gasteiger partial charge >= 0.3 is 0 Å². The van der Waals surface area contributed by atoms with Crippen LogP contribution in [0.1, 0.15) is 29.0 Å². The van der Waals surface area contributed by atoms with Crippen molar-refractivity contribution in [1.82, 2.24) is 5.32 Å². The van der Waals surface area contributed by atoms with Gasteiger partial charge in [0.2, 0.25) is 0 Å². The van der Waals surface area contributed by atoms with Gasteiger partial charge in [0, 0.05) is 18.0 Å². The van der Waals surface area contributed by atoms with Crippen molar-refractivity contribution < 1.29 is 9.47 Å². The number of rotatable bonds is 3. The molecule has 1 aromatic carbocycles. The summed E-state index contributed by atoms with van der Waals surface area (Å²) in [5, 5.41) is 3.40. The van der Waals surface area contributed by atoms with Crippen LogP contribution >= 0.6 is 0 Å². The van der Waals surface area contributed by atoms with Crippen LogP contribution in [-0.2, 0) is 0 Å². The van der Waals surface area contributed by atoms with Gasteiger partial charge in [0.05, 0.1) is 14.2 Å². The zero-order valence-corrected chi connectivity index (χ0v) is 11.1. The SMILES string of the molecule is COc1c(C2CCNC2)cc(C)c(C)c1OC. The molecule has 0 amide bonds. The highest BCUT2D eigenvalue weighted by atomic mass is 16.5. The molecule has 0 aliphatic carbocycles. The first-order valence-corrected chi connectivity index (χ1v) is 6.11. The normalized spacial score (nSPS) is 19.4. The fourth-order valence-electron chi connectivity index (χ4n) is 2.57. The molecule has 1 aliphatic heterocycles. The van der Waals surface area contributed by atoms with Crippen LogP contribution in [-0.4, -0.2) is 27.3 Å². The molecular formula is C14H21NO2. The Hall–Kier alpha value is -1.22. The molecule has 0 aromatic heterocycles. The lowest BCUT2D eigenvalue weighted by atomic mass is 9.93. The Kier molecular flexibility index (Phi) is 3.57. The molecule has 1 saturated heterocycles. The van der Waals surface area contributed by atoms with Crippen molar-refractivity contribution in [2.75, 3.05) is 27.3 Å². The van der Waals surface area contributed by atoms with Crippen molar-refractivity contribution in [2.45, 2.75) is 26.2 Å². The standard InChI is InChI=1S/C14H21NO2/c1-9-7-12(11-5-6-15-8-11)14(17-4)13(16-3)10(9)2/h7,11,15H,5-6,8H2,1-4H3. The number of hydrogen-bond acceptors (Lipinski definition) is 3. The van der Waals surface area contributed by atoms with Crippen molar-refractivity contribution in [3.05, 3.63) is 22.8 Å². The van der Waals surface area contributed by atoms with Gasteiger partial charge in [-0.2, -0.15) is 0 Å². The van der Waals surface area contributed by atoms with Gasteiger partial charge in [-0.1, -0.05) is 6.07 Å². The summed E-state index contributed by atoms with van der Waals surface area (Å²) in [7, 11) is 3.43. The minimum Gasteiger partial charge on any atom is -0.493 e. The molecule has 1 N–H and O–H groups in total. The number of hydrogen-bond donors (Lipinski definition) is 1. The van der Waals surface area contributed by atoms with Crippen LogP contribution in [0.4, 0.5) is 0 Å². The maximum absolute atomic E-state index is 5.56. The minimum atomic E-state index is 0.540. The molecule has 3 heteroatoms. The number of nitrogens with one attached hydrogen (secondary N) is 1. The average molecular weight is 235 g/mol. The molecular weight excluding hydrogens is 214 g/mol. The lowest BCUT2D eigenvalue weighted by Gasteiger charge is -2.20. The van der Waals surface area contributed by atoms with E-state index >= 15 is 0 Å². The Bertz CT molecular complexity index is 409. The number of benzene rings is 1. The van der Waals surface area contributed by atoms with Gasteiger partial charge in [0.25, 0.3) is 0 Å².